The first kappa shape index (κ1) is 13.1. The van der Waals surface area contributed by atoms with Gasteiger partial charge in [0.25, 0.3) is 0 Å². The van der Waals surface area contributed by atoms with Crippen LogP contribution >= 0.6 is 0 Å². The number of benzene rings is 1. The minimum Gasteiger partial charge on any atom is -0.330 e. The lowest BCUT2D eigenvalue weighted by molar-refractivity contribution is 0.0843. The van der Waals surface area contributed by atoms with Crippen LogP contribution in [0.2, 0.25) is 0 Å². The molecule has 1 aromatic carbocycles. The van der Waals surface area contributed by atoms with Crippen molar-refractivity contribution in [1.82, 2.24) is 4.90 Å². The fourth-order valence-corrected chi connectivity index (χ4v) is 4.19. The van der Waals surface area contributed by atoms with Crippen LogP contribution in [-0.2, 0) is 6.54 Å². The van der Waals surface area contributed by atoms with Crippen LogP contribution in [0, 0.1) is 11.3 Å². The molecule has 0 aromatic heterocycles. The highest BCUT2D eigenvalue weighted by Gasteiger charge is 2.41. The van der Waals surface area contributed by atoms with Gasteiger partial charge in [0.1, 0.15) is 0 Å². The summed E-state index contributed by atoms with van der Waals surface area (Å²) in [5, 5.41) is 0. The summed E-state index contributed by atoms with van der Waals surface area (Å²) in [6, 6.07) is 10.9. The molecule has 2 atom stereocenters. The number of hydrogen-bond donors (Lipinski definition) is 1. The van der Waals surface area contributed by atoms with Crippen LogP contribution in [0.5, 0.6) is 0 Å². The monoisotopic (exact) mass is 258 g/mol. The molecule has 19 heavy (non-hydrogen) atoms. The Kier molecular flexibility index (Phi) is 3.90. The van der Waals surface area contributed by atoms with E-state index in [9.17, 15) is 0 Å². The Balaban J connectivity index is 1.62. The SMILES string of the molecule is NCC1CCC2(CCCN(Cc3ccccc3)C2)C1. The van der Waals surface area contributed by atoms with Gasteiger partial charge in [0.05, 0.1) is 0 Å². The van der Waals surface area contributed by atoms with E-state index in [1.165, 1.54) is 50.8 Å². The van der Waals surface area contributed by atoms with Gasteiger partial charge in [-0.3, -0.25) is 4.90 Å². The van der Waals surface area contributed by atoms with E-state index in [-0.39, 0.29) is 0 Å². The van der Waals surface area contributed by atoms with E-state index in [0.29, 0.717) is 5.41 Å². The summed E-state index contributed by atoms with van der Waals surface area (Å²) in [6.45, 7) is 4.57. The van der Waals surface area contributed by atoms with Crippen molar-refractivity contribution in [2.75, 3.05) is 19.6 Å². The smallest absolute Gasteiger partial charge is 0.0233 e. The molecule has 1 aromatic rings. The first-order valence-electron chi connectivity index (χ1n) is 7.76. The topological polar surface area (TPSA) is 29.3 Å². The van der Waals surface area contributed by atoms with Crippen molar-refractivity contribution in [1.29, 1.82) is 0 Å². The highest BCUT2D eigenvalue weighted by molar-refractivity contribution is 5.14. The van der Waals surface area contributed by atoms with Gasteiger partial charge in [0.2, 0.25) is 0 Å². The van der Waals surface area contributed by atoms with E-state index in [1.54, 1.807) is 0 Å². The molecule has 1 spiro atoms. The van der Waals surface area contributed by atoms with Crippen molar-refractivity contribution in [3.8, 4) is 0 Å². The minimum atomic E-state index is 0.594. The zero-order valence-corrected chi connectivity index (χ0v) is 11.9. The van der Waals surface area contributed by atoms with Gasteiger partial charge in [-0.25, -0.2) is 0 Å². The molecule has 1 saturated heterocycles. The average Bonchev–Trinajstić information content (AvgIpc) is 2.83. The Labute approximate surface area is 117 Å². The predicted molar refractivity (Wildman–Crippen MR) is 79.8 cm³/mol. The molecular formula is C17H26N2. The van der Waals surface area contributed by atoms with Crippen LogP contribution < -0.4 is 5.73 Å². The Morgan fingerprint density at radius 3 is 2.79 bits per heavy atom. The second kappa shape index (κ2) is 5.64. The highest BCUT2D eigenvalue weighted by atomic mass is 15.1. The summed E-state index contributed by atoms with van der Waals surface area (Å²) in [6.07, 6.45) is 6.92. The summed E-state index contributed by atoms with van der Waals surface area (Å²) in [4.78, 5) is 2.66. The molecule has 104 valence electrons. The van der Waals surface area contributed by atoms with Crippen LogP contribution in [0.25, 0.3) is 0 Å². The van der Waals surface area contributed by atoms with E-state index in [2.05, 4.69) is 35.2 Å². The zero-order valence-electron chi connectivity index (χ0n) is 11.9. The largest absolute Gasteiger partial charge is 0.330 e. The molecule has 2 heteroatoms. The summed E-state index contributed by atoms with van der Waals surface area (Å²) < 4.78 is 0. The van der Waals surface area contributed by atoms with E-state index in [1.807, 2.05) is 0 Å². The number of piperidine rings is 1. The van der Waals surface area contributed by atoms with Crippen LogP contribution in [0.15, 0.2) is 30.3 Å². The number of nitrogens with zero attached hydrogens (tertiary/aromatic N) is 1. The third kappa shape index (κ3) is 3.01. The highest BCUT2D eigenvalue weighted by Crippen LogP contribution is 2.47. The summed E-state index contributed by atoms with van der Waals surface area (Å²) in [7, 11) is 0. The lowest BCUT2D eigenvalue weighted by atomic mass is 9.77. The molecule has 1 heterocycles. The van der Waals surface area contributed by atoms with Crippen molar-refractivity contribution in [2.45, 2.75) is 38.6 Å². The van der Waals surface area contributed by atoms with E-state index in [4.69, 9.17) is 5.73 Å². The molecule has 1 aliphatic heterocycles. The van der Waals surface area contributed by atoms with E-state index in [0.717, 1.165) is 19.0 Å². The lowest BCUT2D eigenvalue weighted by Crippen LogP contribution is -2.41. The molecule has 2 fully saturated rings. The second-order valence-electron chi connectivity index (χ2n) is 6.64. The third-order valence-corrected chi connectivity index (χ3v) is 5.13. The standard InChI is InChI=1S/C17H26N2/c18-12-16-7-9-17(11-16)8-4-10-19(14-17)13-15-5-2-1-3-6-15/h1-3,5-6,16H,4,7-14,18H2. The minimum absolute atomic E-state index is 0.594. The number of hydrogen-bond acceptors (Lipinski definition) is 2. The maximum Gasteiger partial charge on any atom is 0.0233 e. The first-order chi connectivity index (χ1) is 9.30. The molecule has 0 radical (unpaired) electrons. The van der Waals surface area contributed by atoms with Crippen LogP contribution in [0.3, 0.4) is 0 Å². The molecule has 2 unspecified atom stereocenters. The summed E-state index contributed by atoms with van der Waals surface area (Å²) >= 11 is 0. The van der Waals surface area contributed by atoms with E-state index < -0.39 is 0 Å². The van der Waals surface area contributed by atoms with Gasteiger partial charge >= 0.3 is 0 Å². The first-order valence-corrected chi connectivity index (χ1v) is 7.76. The van der Waals surface area contributed by atoms with Crippen LogP contribution in [0.4, 0.5) is 0 Å². The van der Waals surface area contributed by atoms with Gasteiger partial charge in [-0.05, 0) is 62.1 Å². The predicted octanol–water partition coefficient (Wildman–Crippen LogP) is 3.03. The molecular weight excluding hydrogens is 232 g/mol. The maximum absolute atomic E-state index is 5.87. The molecule has 1 saturated carbocycles. The molecule has 1 aliphatic carbocycles. The van der Waals surface area contributed by atoms with Gasteiger partial charge in [-0.15, -0.1) is 0 Å². The van der Waals surface area contributed by atoms with Crippen molar-refractivity contribution in [3.05, 3.63) is 35.9 Å². The number of likely N-dealkylation sites (tertiary alicyclic amines) is 1. The Morgan fingerprint density at radius 1 is 1.21 bits per heavy atom. The second-order valence-corrected chi connectivity index (χ2v) is 6.64. The maximum atomic E-state index is 5.87. The normalized spacial score (nSPS) is 31.9. The zero-order chi connectivity index (χ0) is 13.1. The Morgan fingerprint density at radius 2 is 2.05 bits per heavy atom. The van der Waals surface area contributed by atoms with Gasteiger partial charge in [0.15, 0.2) is 0 Å². The van der Waals surface area contributed by atoms with Crippen LogP contribution in [0.1, 0.15) is 37.7 Å². The average molecular weight is 258 g/mol. The van der Waals surface area contributed by atoms with Crippen molar-refractivity contribution < 1.29 is 0 Å². The van der Waals surface area contributed by atoms with Crippen molar-refractivity contribution in [2.24, 2.45) is 17.1 Å². The molecule has 3 rings (SSSR count). The number of nitrogens with two attached hydrogens (primary N) is 1. The lowest BCUT2D eigenvalue weighted by Gasteiger charge is -2.41. The molecule has 2 nitrogen and oxygen atoms in total. The quantitative estimate of drug-likeness (QED) is 0.903. The number of rotatable bonds is 3. The summed E-state index contributed by atoms with van der Waals surface area (Å²) in [5.74, 6) is 0.789. The fraction of sp³-hybridized carbons (Fsp3) is 0.647. The van der Waals surface area contributed by atoms with Crippen molar-refractivity contribution >= 4 is 0 Å². The molecule has 0 amide bonds. The van der Waals surface area contributed by atoms with Gasteiger partial charge in [-0.2, -0.15) is 0 Å². The van der Waals surface area contributed by atoms with Gasteiger partial charge in [0, 0.05) is 13.1 Å². The molecule has 0 bridgehead atoms. The Bertz CT molecular complexity index is 403. The Hall–Kier alpha value is -0.860. The summed E-state index contributed by atoms with van der Waals surface area (Å²) in [5.41, 5.74) is 7.91. The molecule has 2 aliphatic rings. The van der Waals surface area contributed by atoms with Gasteiger partial charge < -0.3 is 5.73 Å². The molecule has 2 N–H and O–H groups in total. The van der Waals surface area contributed by atoms with E-state index >= 15 is 0 Å². The fourth-order valence-electron chi connectivity index (χ4n) is 4.19. The van der Waals surface area contributed by atoms with Crippen molar-refractivity contribution in [3.63, 3.8) is 0 Å². The van der Waals surface area contributed by atoms with Crippen LogP contribution in [-0.4, -0.2) is 24.5 Å². The van der Waals surface area contributed by atoms with Gasteiger partial charge in [-0.1, -0.05) is 30.3 Å². The third-order valence-electron chi connectivity index (χ3n) is 5.13.